The molecule has 5 nitrogen and oxygen atoms in total. The number of ether oxygens (including phenoxy) is 2. The van der Waals surface area contributed by atoms with Gasteiger partial charge < -0.3 is 9.47 Å². The minimum Gasteiger partial charge on any atom is -0.502 e. The second kappa shape index (κ2) is 7.84. The number of amides is 2. The lowest BCUT2D eigenvalue weighted by Crippen LogP contribution is -2.32. The zero-order valence-electron chi connectivity index (χ0n) is 10.0. The molecule has 0 N–H and O–H groups in total. The van der Waals surface area contributed by atoms with Crippen molar-refractivity contribution >= 4 is 11.8 Å². The first-order valence-corrected chi connectivity index (χ1v) is 5.89. The molecule has 5 heteroatoms. The molecule has 1 fully saturated rings. The molecule has 1 heterocycles. The molecule has 0 bridgehead atoms. The molecule has 1 aliphatic rings. The summed E-state index contributed by atoms with van der Waals surface area (Å²) in [6.45, 7) is 5.51. The molecular weight excluding hydrogens is 222 g/mol. The van der Waals surface area contributed by atoms with Crippen molar-refractivity contribution in [1.82, 2.24) is 4.90 Å². The van der Waals surface area contributed by atoms with Crippen LogP contribution in [0.1, 0.15) is 25.7 Å². The predicted molar refractivity (Wildman–Crippen MR) is 62.2 cm³/mol. The first-order chi connectivity index (χ1) is 8.25. The molecule has 0 saturated carbocycles. The third-order valence-corrected chi connectivity index (χ3v) is 2.53. The molecule has 1 rings (SSSR count). The van der Waals surface area contributed by atoms with E-state index in [1.807, 2.05) is 0 Å². The van der Waals surface area contributed by atoms with Crippen LogP contribution in [0.5, 0.6) is 0 Å². The minimum atomic E-state index is -0.0852. The van der Waals surface area contributed by atoms with E-state index >= 15 is 0 Å². The maximum atomic E-state index is 11.2. The normalized spacial score (nSPS) is 15.4. The van der Waals surface area contributed by atoms with Crippen molar-refractivity contribution in [2.45, 2.75) is 25.7 Å². The highest BCUT2D eigenvalue weighted by atomic mass is 16.5. The topological polar surface area (TPSA) is 55.8 Å². The Kier molecular flexibility index (Phi) is 6.32. The first-order valence-electron chi connectivity index (χ1n) is 5.89. The Bertz CT molecular complexity index is 262. The molecule has 17 heavy (non-hydrogen) atoms. The van der Waals surface area contributed by atoms with Crippen LogP contribution in [0, 0.1) is 0 Å². The highest BCUT2D eigenvalue weighted by molar-refractivity contribution is 6.01. The van der Waals surface area contributed by atoms with E-state index in [4.69, 9.17) is 9.47 Å². The molecule has 0 spiro atoms. The van der Waals surface area contributed by atoms with E-state index in [-0.39, 0.29) is 11.8 Å². The summed E-state index contributed by atoms with van der Waals surface area (Å²) < 4.78 is 10.3. The van der Waals surface area contributed by atoms with Crippen LogP contribution in [0.25, 0.3) is 0 Å². The minimum absolute atomic E-state index is 0.0852. The Labute approximate surface area is 101 Å². The van der Waals surface area contributed by atoms with E-state index in [2.05, 4.69) is 6.58 Å². The number of hydrogen-bond donors (Lipinski definition) is 0. The van der Waals surface area contributed by atoms with Gasteiger partial charge in [-0.2, -0.15) is 0 Å². The van der Waals surface area contributed by atoms with Crippen molar-refractivity contribution in [1.29, 1.82) is 0 Å². The molecule has 0 atom stereocenters. The Morgan fingerprint density at radius 2 is 1.76 bits per heavy atom. The van der Waals surface area contributed by atoms with Crippen molar-refractivity contribution in [3.8, 4) is 0 Å². The van der Waals surface area contributed by atoms with Gasteiger partial charge in [0.2, 0.25) is 11.8 Å². The van der Waals surface area contributed by atoms with Crippen molar-refractivity contribution < 1.29 is 19.1 Å². The quantitative estimate of drug-likeness (QED) is 0.344. The Morgan fingerprint density at radius 3 is 2.41 bits per heavy atom. The first kappa shape index (κ1) is 13.7. The molecule has 0 aromatic carbocycles. The smallest absolute Gasteiger partial charge is 0.229 e. The Morgan fingerprint density at radius 1 is 1.12 bits per heavy atom. The lowest BCUT2D eigenvalue weighted by molar-refractivity contribution is -0.139. The maximum absolute atomic E-state index is 11.2. The number of carbonyl (C=O) groups is 2. The average Bonchev–Trinajstić information content (AvgIpc) is 2.63. The largest absolute Gasteiger partial charge is 0.502 e. The summed E-state index contributed by atoms with van der Waals surface area (Å²) in [6.07, 6.45) is 3.92. The number of rotatable bonds is 9. The van der Waals surface area contributed by atoms with E-state index in [9.17, 15) is 9.59 Å². The molecule has 0 aromatic heterocycles. The summed E-state index contributed by atoms with van der Waals surface area (Å²) in [5.41, 5.74) is 0. The second-order valence-corrected chi connectivity index (χ2v) is 3.80. The highest BCUT2D eigenvalue weighted by Gasteiger charge is 2.27. The van der Waals surface area contributed by atoms with Gasteiger partial charge in [-0.1, -0.05) is 6.58 Å². The van der Waals surface area contributed by atoms with Gasteiger partial charge >= 0.3 is 0 Å². The summed E-state index contributed by atoms with van der Waals surface area (Å²) in [5, 5.41) is 0. The predicted octanol–water partition coefficient (Wildman–Crippen LogP) is 1.09. The lowest BCUT2D eigenvalue weighted by Gasteiger charge is -2.13. The van der Waals surface area contributed by atoms with Gasteiger partial charge in [-0.25, -0.2) is 0 Å². The number of nitrogens with zero attached hydrogens (tertiary/aromatic N) is 1. The molecule has 0 aliphatic carbocycles. The fourth-order valence-electron chi connectivity index (χ4n) is 1.60. The number of carbonyl (C=O) groups excluding carboxylic acids is 2. The summed E-state index contributed by atoms with van der Waals surface area (Å²) >= 11 is 0. The van der Waals surface area contributed by atoms with Gasteiger partial charge in [-0.15, -0.1) is 0 Å². The van der Waals surface area contributed by atoms with Crippen LogP contribution in [-0.4, -0.2) is 43.1 Å². The highest BCUT2D eigenvalue weighted by Crippen LogP contribution is 2.10. The summed E-state index contributed by atoms with van der Waals surface area (Å²) in [5.74, 6) is -0.170. The third kappa shape index (κ3) is 4.99. The van der Waals surface area contributed by atoms with Gasteiger partial charge in [0.25, 0.3) is 0 Å². The zero-order valence-corrected chi connectivity index (χ0v) is 10.0. The monoisotopic (exact) mass is 241 g/mol. The van der Waals surface area contributed by atoms with Crippen LogP contribution < -0.4 is 0 Å². The molecule has 96 valence electrons. The fourth-order valence-corrected chi connectivity index (χ4v) is 1.60. The fraction of sp³-hybridized carbons (Fsp3) is 0.667. The van der Waals surface area contributed by atoms with E-state index in [0.29, 0.717) is 39.2 Å². The SMILES string of the molecule is C=COCCCCOCCN1C(=O)CCC1=O. The van der Waals surface area contributed by atoms with E-state index in [1.165, 1.54) is 11.2 Å². The van der Waals surface area contributed by atoms with Crippen molar-refractivity contribution in [3.63, 3.8) is 0 Å². The number of hydrogen-bond acceptors (Lipinski definition) is 4. The lowest BCUT2D eigenvalue weighted by atomic mass is 10.3. The number of imide groups is 1. The van der Waals surface area contributed by atoms with E-state index < -0.39 is 0 Å². The second-order valence-electron chi connectivity index (χ2n) is 3.80. The van der Waals surface area contributed by atoms with Gasteiger partial charge in [0.05, 0.1) is 26.0 Å². The molecule has 1 aliphatic heterocycles. The van der Waals surface area contributed by atoms with Crippen molar-refractivity contribution in [3.05, 3.63) is 12.8 Å². The van der Waals surface area contributed by atoms with Crippen LogP contribution >= 0.6 is 0 Å². The van der Waals surface area contributed by atoms with Crippen molar-refractivity contribution in [2.24, 2.45) is 0 Å². The molecule has 0 radical (unpaired) electrons. The maximum Gasteiger partial charge on any atom is 0.229 e. The molecule has 0 aromatic rings. The number of likely N-dealkylation sites (tertiary alicyclic amines) is 1. The zero-order chi connectivity index (χ0) is 12.5. The van der Waals surface area contributed by atoms with Gasteiger partial charge in [0, 0.05) is 19.4 Å². The summed E-state index contributed by atoms with van der Waals surface area (Å²) in [6, 6.07) is 0. The molecule has 1 saturated heterocycles. The van der Waals surface area contributed by atoms with Gasteiger partial charge in [-0.05, 0) is 12.8 Å². The third-order valence-electron chi connectivity index (χ3n) is 2.53. The molecule has 2 amide bonds. The van der Waals surface area contributed by atoms with Crippen LogP contribution in [0.2, 0.25) is 0 Å². The van der Waals surface area contributed by atoms with E-state index in [0.717, 1.165) is 12.8 Å². The number of unbranched alkanes of at least 4 members (excludes halogenated alkanes) is 1. The molecular formula is C12H19NO4. The van der Waals surface area contributed by atoms with Crippen LogP contribution in [0.4, 0.5) is 0 Å². The summed E-state index contributed by atoms with van der Waals surface area (Å²) in [7, 11) is 0. The Hall–Kier alpha value is -1.36. The van der Waals surface area contributed by atoms with Crippen LogP contribution in [-0.2, 0) is 19.1 Å². The van der Waals surface area contributed by atoms with Gasteiger partial charge in [0.15, 0.2) is 0 Å². The standard InChI is InChI=1S/C12H19NO4/c1-2-16-8-3-4-9-17-10-7-13-11(14)5-6-12(13)15/h2H,1,3-10H2. The van der Waals surface area contributed by atoms with E-state index in [1.54, 1.807) is 0 Å². The van der Waals surface area contributed by atoms with Crippen molar-refractivity contribution in [2.75, 3.05) is 26.4 Å². The Balaban J connectivity index is 1.95. The average molecular weight is 241 g/mol. The molecule has 0 unspecified atom stereocenters. The van der Waals surface area contributed by atoms with Gasteiger partial charge in [0.1, 0.15) is 0 Å². The van der Waals surface area contributed by atoms with Crippen LogP contribution in [0.3, 0.4) is 0 Å². The van der Waals surface area contributed by atoms with Crippen LogP contribution in [0.15, 0.2) is 12.8 Å². The van der Waals surface area contributed by atoms with Gasteiger partial charge in [-0.3, -0.25) is 14.5 Å². The summed E-state index contributed by atoms with van der Waals surface area (Å²) in [4.78, 5) is 23.8.